The van der Waals surface area contributed by atoms with Crippen LogP contribution in [-0.2, 0) is 4.79 Å². The normalized spacial score (nSPS) is 7.00. The number of unbranched alkanes of at least 4 members (excludes halogenated alkanes) is 1. The third-order valence-electron chi connectivity index (χ3n) is 0.430. The van der Waals surface area contributed by atoms with Crippen molar-refractivity contribution in [1.82, 2.24) is 0 Å². The van der Waals surface area contributed by atoms with E-state index in [1.807, 2.05) is 0 Å². The average molecular weight is 353 g/mol. The SMILES string of the molecule is NC[CH-]CC=O.[Rf]. The van der Waals surface area contributed by atoms with Crippen molar-refractivity contribution in [3.63, 3.8) is 0 Å². The molecule has 38 valence electrons. The van der Waals surface area contributed by atoms with Crippen molar-refractivity contribution in [2.24, 2.45) is 5.73 Å². The van der Waals surface area contributed by atoms with Gasteiger partial charge < -0.3 is 16.9 Å². The van der Waals surface area contributed by atoms with Gasteiger partial charge in [-0.3, -0.25) is 0 Å². The predicted octanol–water partition coefficient (Wildman–Crippen LogP) is -0.262. The first-order chi connectivity index (χ1) is 2.91. The van der Waals surface area contributed by atoms with E-state index in [-0.39, 0.29) is 0 Å². The van der Waals surface area contributed by atoms with Gasteiger partial charge in [0.05, 0.1) is 6.29 Å². The fourth-order valence-corrected chi connectivity index (χ4v) is 0.164. The van der Waals surface area contributed by atoms with E-state index in [0.717, 1.165) is 6.29 Å². The van der Waals surface area contributed by atoms with Crippen molar-refractivity contribution in [2.75, 3.05) is 6.54 Å². The van der Waals surface area contributed by atoms with Crippen molar-refractivity contribution in [1.29, 1.82) is 0 Å². The average Bonchev–Trinajstić information content (AvgIpc) is 1.61. The molecule has 2 N–H and O–H groups in total. The molecule has 0 aromatic rings. The minimum atomic E-state index is 0. The molecule has 0 aliphatic carbocycles. The molecule has 0 fully saturated rings. The summed E-state index contributed by atoms with van der Waals surface area (Å²) in [5.41, 5.74) is 5.00. The molecule has 0 aliphatic rings. The molecule has 0 heterocycles. The van der Waals surface area contributed by atoms with Gasteiger partial charge in [0.25, 0.3) is 0 Å². The molecule has 0 radical (unpaired) electrons. The van der Waals surface area contributed by atoms with Gasteiger partial charge in [-0.15, -0.1) is 13.0 Å². The summed E-state index contributed by atoms with van der Waals surface area (Å²) in [6.45, 7) is 0.499. The Morgan fingerprint density at radius 3 is 2.43 bits per heavy atom. The van der Waals surface area contributed by atoms with Gasteiger partial charge in [0.15, 0.2) is 0 Å². The quantitative estimate of drug-likeness (QED) is 0.432. The molecule has 0 aromatic carbocycles. The Hall–Kier alpha value is -1.37. The second kappa shape index (κ2) is 8.82. The number of aldehydes is 1. The predicted molar refractivity (Wildman–Crippen MR) is 24.0 cm³/mol. The maximum absolute atomic E-state index is 9.48. The van der Waals surface area contributed by atoms with Gasteiger partial charge >= 0.3 is 0 Å². The Labute approximate surface area is 37.3 Å². The Balaban J connectivity index is 0. The van der Waals surface area contributed by atoms with Crippen molar-refractivity contribution in [3.8, 4) is 0 Å². The maximum atomic E-state index is 9.48. The van der Waals surface area contributed by atoms with Crippen LogP contribution in [0.4, 0.5) is 0 Å². The standard InChI is InChI=1S/C4H8NO.Rf/c5-3-1-2-4-6;/h1,4H,2-3,5H2;/q-1;. The number of hydrogen-bond acceptors (Lipinski definition) is 2. The Kier molecular flexibility index (Phi) is 11.5. The molecule has 0 aliphatic heterocycles. The van der Waals surface area contributed by atoms with Gasteiger partial charge in [0, 0.05) is 0 Å². The zero-order chi connectivity index (χ0) is 4.83. The van der Waals surface area contributed by atoms with E-state index in [2.05, 4.69) is 0 Å². The molecule has 3 heteroatoms. The summed E-state index contributed by atoms with van der Waals surface area (Å²) in [4.78, 5) is 9.48. The minimum absolute atomic E-state index is 0. The van der Waals surface area contributed by atoms with Gasteiger partial charge in [-0.25, -0.2) is 0 Å². The van der Waals surface area contributed by atoms with E-state index in [9.17, 15) is 4.79 Å². The van der Waals surface area contributed by atoms with Crippen molar-refractivity contribution in [2.45, 2.75) is 6.42 Å². The second-order valence-electron chi connectivity index (χ2n) is 0.927. The Bertz CT molecular complexity index is 40.7. The van der Waals surface area contributed by atoms with Crippen molar-refractivity contribution < 1.29 is 4.79 Å². The summed E-state index contributed by atoms with van der Waals surface area (Å²) >= 11 is 0. The van der Waals surface area contributed by atoms with Gasteiger partial charge in [-0.05, 0) is 0 Å². The molecule has 0 saturated heterocycles. The van der Waals surface area contributed by atoms with E-state index in [0.29, 0.717) is 13.0 Å². The van der Waals surface area contributed by atoms with Crippen molar-refractivity contribution >= 4 is 6.29 Å². The van der Waals surface area contributed by atoms with Crippen molar-refractivity contribution in [3.05, 3.63) is 6.42 Å². The van der Waals surface area contributed by atoms with Crippen LogP contribution in [0.25, 0.3) is 0 Å². The molecule has 0 aromatic heterocycles. The summed E-state index contributed by atoms with van der Waals surface area (Å²) in [6.07, 6.45) is 3.02. The Morgan fingerprint density at radius 2 is 2.29 bits per heavy atom. The van der Waals surface area contributed by atoms with Crippen LogP contribution in [0.3, 0.4) is 0 Å². The summed E-state index contributed by atoms with van der Waals surface area (Å²) in [6, 6.07) is 0. The molecular weight excluding hydrogens is 345 g/mol. The minimum Gasteiger partial charge on any atom is -0.360 e. The fraction of sp³-hybridized carbons (Fsp3) is 0.500. The topological polar surface area (TPSA) is 43.1 Å². The van der Waals surface area contributed by atoms with Gasteiger partial charge in [-0.2, -0.15) is 0 Å². The zero-order valence-electron chi connectivity index (χ0n) is 4.26. The van der Waals surface area contributed by atoms with E-state index in [1.54, 1.807) is 6.42 Å². The summed E-state index contributed by atoms with van der Waals surface area (Å²) < 4.78 is 0. The van der Waals surface area contributed by atoms with Gasteiger partial charge in [-0.1, -0.05) is 0 Å². The summed E-state index contributed by atoms with van der Waals surface area (Å²) in [7, 11) is 0. The third-order valence-corrected chi connectivity index (χ3v) is 0.430. The van der Waals surface area contributed by atoms with E-state index < -0.39 is 0 Å². The summed E-state index contributed by atoms with van der Waals surface area (Å²) in [5.74, 6) is 0. The molecule has 0 amide bonds. The van der Waals surface area contributed by atoms with Crippen LogP contribution in [0, 0.1) is 6.42 Å². The van der Waals surface area contributed by atoms with E-state index in [4.69, 9.17) is 5.73 Å². The van der Waals surface area contributed by atoms with Crippen LogP contribution in [0.15, 0.2) is 0 Å². The monoisotopic (exact) mass is 353 g/mol. The van der Waals surface area contributed by atoms with E-state index in [1.165, 1.54) is 0 Å². The van der Waals surface area contributed by atoms with Crippen LogP contribution in [0.2, 0.25) is 0 Å². The summed E-state index contributed by atoms with van der Waals surface area (Å²) in [5, 5.41) is 0. The van der Waals surface area contributed by atoms with Crippen LogP contribution in [-0.4, -0.2) is 12.8 Å². The number of rotatable bonds is 3. The molecule has 0 saturated carbocycles. The smallest absolute Gasteiger partial charge is 0.0901 e. The number of hydrogen-bond donors (Lipinski definition) is 1. The molecule has 0 spiro atoms. The number of carbonyl (C=O) groups is 1. The van der Waals surface area contributed by atoms with Crippen LogP contribution in [0.1, 0.15) is 6.42 Å². The first-order valence-electron chi connectivity index (χ1n) is 1.87. The molecular formula is C4H8NORf-. The zero-order valence-corrected chi connectivity index (χ0v) is 10.7. The molecule has 2 nitrogen and oxygen atoms in total. The van der Waals surface area contributed by atoms with Crippen LogP contribution in [0.5, 0.6) is 0 Å². The first kappa shape index (κ1) is 9.16. The number of nitrogens with two attached hydrogens (primary N) is 1. The van der Waals surface area contributed by atoms with E-state index >= 15 is 0 Å². The molecule has 0 rings (SSSR count). The number of carbonyl (C=O) groups excluding carboxylic acids is 1. The fourth-order valence-electron chi connectivity index (χ4n) is 0.164. The van der Waals surface area contributed by atoms with Crippen LogP contribution >= 0.6 is 0 Å². The first-order valence-corrected chi connectivity index (χ1v) is 1.87. The second-order valence-corrected chi connectivity index (χ2v) is 0.927. The van der Waals surface area contributed by atoms with Gasteiger partial charge in [0.2, 0.25) is 0 Å². The largest absolute Gasteiger partial charge is 0.360 e. The molecule has 0 atom stereocenters. The molecule has 7 heavy (non-hydrogen) atoms. The molecule has 0 unspecified atom stereocenters. The third kappa shape index (κ3) is 12.1. The Morgan fingerprint density at radius 1 is 1.71 bits per heavy atom. The molecule has 0 bridgehead atoms. The van der Waals surface area contributed by atoms with Crippen LogP contribution < -0.4 is 5.73 Å². The van der Waals surface area contributed by atoms with Gasteiger partial charge in [0.1, 0.15) is 0 Å². The maximum Gasteiger partial charge on any atom is 0.0901 e.